The molecule has 0 bridgehead atoms. The summed E-state index contributed by atoms with van der Waals surface area (Å²) in [6.45, 7) is 10.1. The van der Waals surface area contributed by atoms with Gasteiger partial charge in [-0.25, -0.2) is 0 Å². The molecule has 2 heterocycles. The van der Waals surface area contributed by atoms with Crippen molar-refractivity contribution in [1.29, 1.82) is 0 Å². The minimum atomic E-state index is 0.527. The molecule has 3 rings (SSSR count). The van der Waals surface area contributed by atoms with E-state index in [1.165, 1.54) is 38.8 Å². The third kappa shape index (κ3) is 1.11. The van der Waals surface area contributed by atoms with Crippen molar-refractivity contribution in [2.75, 3.05) is 13.1 Å². The van der Waals surface area contributed by atoms with Crippen LogP contribution < -0.4 is 0 Å². The van der Waals surface area contributed by atoms with Gasteiger partial charge in [-0.1, -0.05) is 20.8 Å². The summed E-state index contributed by atoms with van der Waals surface area (Å²) in [5.41, 5.74) is 1.33. The zero-order valence-corrected chi connectivity index (χ0v) is 9.84. The van der Waals surface area contributed by atoms with Crippen LogP contribution in [0.5, 0.6) is 0 Å². The van der Waals surface area contributed by atoms with E-state index in [2.05, 4.69) is 25.7 Å². The smallest absolute Gasteiger partial charge is 0.0186 e. The van der Waals surface area contributed by atoms with Crippen LogP contribution in [-0.2, 0) is 0 Å². The van der Waals surface area contributed by atoms with E-state index in [4.69, 9.17) is 0 Å². The van der Waals surface area contributed by atoms with Crippen LogP contribution in [0.3, 0.4) is 0 Å². The molecular weight excluding hydrogens is 170 g/mol. The predicted octanol–water partition coefficient (Wildman–Crippen LogP) is 2.91. The molecule has 0 aromatic rings. The predicted molar refractivity (Wildman–Crippen MR) is 59.2 cm³/mol. The number of hydrogen-bond acceptors (Lipinski definition) is 1. The van der Waals surface area contributed by atoms with E-state index in [9.17, 15) is 0 Å². The Morgan fingerprint density at radius 3 is 2.36 bits per heavy atom. The van der Waals surface area contributed by atoms with E-state index in [1.807, 2.05) is 0 Å². The molecular formula is C13H23N. The van der Waals surface area contributed by atoms with Gasteiger partial charge in [-0.15, -0.1) is 0 Å². The average molecular weight is 193 g/mol. The van der Waals surface area contributed by atoms with Crippen LogP contribution in [0.2, 0.25) is 0 Å². The molecule has 3 fully saturated rings. The van der Waals surface area contributed by atoms with Crippen molar-refractivity contribution in [1.82, 2.24) is 4.90 Å². The van der Waals surface area contributed by atoms with Crippen molar-refractivity contribution >= 4 is 0 Å². The summed E-state index contributed by atoms with van der Waals surface area (Å²) in [6, 6.07) is 0.961. The van der Waals surface area contributed by atoms with Crippen LogP contribution in [0.25, 0.3) is 0 Å². The van der Waals surface area contributed by atoms with Gasteiger partial charge in [0.15, 0.2) is 0 Å². The SMILES string of the molecule is CC(C)(C)C1CCN2CCC3(CC3)C12. The van der Waals surface area contributed by atoms with Crippen molar-refractivity contribution in [3.8, 4) is 0 Å². The summed E-state index contributed by atoms with van der Waals surface area (Å²) in [4.78, 5) is 2.79. The molecule has 1 heteroatoms. The average Bonchev–Trinajstić information content (AvgIpc) is 2.55. The summed E-state index contributed by atoms with van der Waals surface area (Å²) in [7, 11) is 0. The summed E-state index contributed by atoms with van der Waals surface area (Å²) in [5.74, 6) is 0.965. The molecule has 1 saturated carbocycles. The highest BCUT2D eigenvalue weighted by molar-refractivity contribution is 5.13. The molecule has 2 unspecified atom stereocenters. The van der Waals surface area contributed by atoms with Gasteiger partial charge in [-0.2, -0.15) is 0 Å². The van der Waals surface area contributed by atoms with E-state index in [0.717, 1.165) is 17.4 Å². The minimum Gasteiger partial charge on any atom is -0.300 e. The third-order valence-corrected chi connectivity index (χ3v) is 5.03. The van der Waals surface area contributed by atoms with Crippen LogP contribution in [0.1, 0.15) is 46.5 Å². The van der Waals surface area contributed by atoms with Crippen LogP contribution >= 0.6 is 0 Å². The highest BCUT2D eigenvalue weighted by Crippen LogP contribution is 2.63. The van der Waals surface area contributed by atoms with Crippen molar-refractivity contribution in [3.05, 3.63) is 0 Å². The van der Waals surface area contributed by atoms with Crippen LogP contribution in [0.15, 0.2) is 0 Å². The van der Waals surface area contributed by atoms with E-state index < -0.39 is 0 Å². The Kier molecular flexibility index (Phi) is 1.68. The molecule has 0 aromatic heterocycles. The summed E-state index contributed by atoms with van der Waals surface area (Å²) in [6.07, 6.45) is 6.02. The Balaban J connectivity index is 1.88. The molecule has 2 atom stereocenters. The Morgan fingerprint density at radius 2 is 1.79 bits per heavy atom. The first kappa shape index (κ1) is 9.21. The van der Waals surface area contributed by atoms with Gasteiger partial charge in [0.1, 0.15) is 0 Å². The largest absolute Gasteiger partial charge is 0.300 e. The monoisotopic (exact) mass is 193 g/mol. The van der Waals surface area contributed by atoms with Crippen LogP contribution in [0.4, 0.5) is 0 Å². The summed E-state index contributed by atoms with van der Waals surface area (Å²) in [5, 5.41) is 0. The second-order valence-electron chi connectivity index (χ2n) is 6.85. The van der Waals surface area contributed by atoms with E-state index in [1.54, 1.807) is 0 Å². The Morgan fingerprint density at radius 1 is 1.07 bits per heavy atom. The number of hydrogen-bond donors (Lipinski definition) is 0. The lowest BCUT2D eigenvalue weighted by molar-refractivity contribution is 0.144. The molecule has 80 valence electrons. The fraction of sp³-hybridized carbons (Fsp3) is 1.00. The molecule has 1 spiro atoms. The van der Waals surface area contributed by atoms with Gasteiger partial charge in [0.25, 0.3) is 0 Å². The zero-order valence-electron chi connectivity index (χ0n) is 9.84. The molecule has 2 aliphatic heterocycles. The fourth-order valence-corrected chi connectivity index (χ4v) is 4.05. The molecule has 0 radical (unpaired) electrons. The Labute approximate surface area is 87.9 Å². The first-order chi connectivity index (χ1) is 6.53. The van der Waals surface area contributed by atoms with Gasteiger partial charge in [0.2, 0.25) is 0 Å². The fourth-order valence-electron chi connectivity index (χ4n) is 4.05. The van der Waals surface area contributed by atoms with Crippen molar-refractivity contribution in [2.24, 2.45) is 16.7 Å². The van der Waals surface area contributed by atoms with E-state index >= 15 is 0 Å². The lowest BCUT2D eigenvalue weighted by Crippen LogP contribution is -2.37. The first-order valence-electron chi connectivity index (χ1n) is 6.27. The third-order valence-electron chi connectivity index (χ3n) is 5.03. The first-order valence-corrected chi connectivity index (χ1v) is 6.27. The van der Waals surface area contributed by atoms with Gasteiger partial charge < -0.3 is 0 Å². The molecule has 2 saturated heterocycles. The topological polar surface area (TPSA) is 3.24 Å². The molecule has 14 heavy (non-hydrogen) atoms. The lowest BCUT2D eigenvalue weighted by atomic mass is 9.72. The second kappa shape index (κ2) is 2.55. The Hall–Kier alpha value is -0.0400. The van der Waals surface area contributed by atoms with Crippen molar-refractivity contribution in [3.63, 3.8) is 0 Å². The minimum absolute atomic E-state index is 0.527. The molecule has 1 nitrogen and oxygen atoms in total. The second-order valence-corrected chi connectivity index (χ2v) is 6.85. The summed E-state index contributed by atoms with van der Waals surface area (Å²) >= 11 is 0. The van der Waals surface area contributed by atoms with Gasteiger partial charge >= 0.3 is 0 Å². The van der Waals surface area contributed by atoms with Gasteiger partial charge in [-0.3, -0.25) is 4.90 Å². The van der Waals surface area contributed by atoms with Gasteiger partial charge in [0.05, 0.1) is 0 Å². The standard InChI is InChI=1S/C13H23N/c1-12(2,3)10-4-8-14-9-7-13(5-6-13)11(10)14/h10-11H,4-9H2,1-3H3. The Bertz CT molecular complexity index is 246. The molecule has 0 N–H and O–H groups in total. The summed E-state index contributed by atoms with van der Waals surface area (Å²) < 4.78 is 0. The maximum atomic E-state index is 2.79. The molecule has 0 amide bonds. The van der Waals surface area contributed by atoms with Crippen molar-refractivity contribution < 1.29 is 0 Å². The van der Waals surface area contributed by atoms with E-state index in [-0.39, 0.29) is 0 Å². The highest BCUT2D eigenvalue weighted by atomic mass is 15.2. The van der Waals surface area contributed by atoms with Gasteiger partial charge in [-0.05, 0) is 55.5 Å². The number of nitrogens with zero attached hydrogens (tertiary/aromatic N) is 1. The van der Waals surface area contributed by atoms with Crippen molar-refractivity contribution in [2.45, 2.75) is 52.5 Å². The number of rotatable bonds is 0. The zero-order chi connectivity index (χ0) is 9.97. The normalized spacial score (nSPS) is 40.5. The van der Waals surface area contributed by atoms with E-state index in [0.29, 0.717) is 5.41 Å². The number of fused-ring (bicyclic) bond motifs is 2. The van der Waals surface area contributed by atoms with Gasteiger partial charge in [0, 0.05) is 6.04 Å². The quantitative estimate of drug-likeness (QED) is 0.572. The molecule has 3 aliphatic rings. The molecule has 1 aliphatic carbocycles. The van der Waals surface area contributed by atoms with Crippen LogP contribution in [-0.4, -0.2) is 24.0 Å². The van der Waals surface area contributed by atoms with Crippen LogP contribution in [0, 0.1) is 16.7 Å². The maximum absolute atomic E-state index is 2.79. The highest BCUT2D eigenvalue weighted by Gasteiger charge is 2.61. The molecule has 0 aromatic carbocycles. The lowest BCUT2D eigenvalue weighted by Gasteiger charge is -2.35. The maximum Gasteiger partial charge on any atom is 0.0186 e.